The highest BCUT2D eigenvalue weighted by Gasteiger charge is 2.29. The average Bonchev–Trinajstić information content (AvgIpc) is 3.47. The van der Waals surface area contributed by atoms with E-state index in [1.54, 1.807) is 23.5 Å². The van der Waals surface area contributed by atoms with Crippen LogP contribution in [0.1, 0.15) is 46.1 Å². The van der Waals surface area contributed by atoms with Gasteiger partial charge in [0.25, 0.3) is 0 Å². The molecule has 1 N–H and O–H groups in total. The summed E-state index contributed by atoms with van der Waals surface area (Å²) < 4.78 is 15.2. The summed E-state index contributed by atoms with van der Waals surface area (Å²) in [5, 5.41) is 14.8. The Labute approximate surface area is 185 Å². The topological polar surface area (TPSA) is 61.1 Å². The van der Waals surface area contributed by atoms with Crippen molar-refractivity contribution in [2.24, 2.45) is 0 Å². The van der Waals surface area contributed by atoms with E-state index in [0.29, 0.717) is 17.9 Å². The van der Waals surface area contributed by atoms with E-state index in [-0.39, 0.29) is 24.3 Å². The molecule has 4 rings (SSSR count). The maximum atomic E-state index is 13.3. The number of hydrogen-bond acceptors (Lipinski definition) is 4. The Morgan fingerprint density at radius 3 is 2.74 bits per heavy atom. The lowest BCUT2D eigenvalue weighted by Gasteiger charge is -2.23. The first-order valence-corrected chi connectivity index (χ1v) is 11.3. The summed E-state index contributed by atoms with van der Waals surface area (Å²) in [6.45, 7) is 5.44. The number of rotatable bonds is 6. The molecule has 5 nitrogen and oxygen atoms in total. The molecule has 0 aliphatic carbocycles. The normalized spacial score (nSPS) is 16.4. The van der Waals surface area contributed by atoms with Crippen LogP contribution in [0.4, 0.5) is 10.2 Å². The molecule has 3 aromatic rings. The first kappa shape index (κ1) is 21.3. The van der Waals surface area contributed by atoms with Crippen molar-refractivity contribution in [1.29, 1.82) is 5.26 Å². The molecule has 2 aromatic heterocycles. The summed E-state index contributed by atoms with van der Waals surface area (Å²) in [6.07, 6.45) is 2.12. The first-order chi connectivity index (χ1) is 15.0. The van der Waals surface area contributed by atoms with Crippen LogP contribution in [-0.2, 0) is 11.3 Å². The van der Waals surface area contributed by atoms with Crippen LogP contribution in [0, 0.1) is 31.0 Å². The van der Waals surface area contributed by atoms with Crippen molar-refractivity contribution in [3.8, 4) is 6.07 Å². The zero-order valence-corrected chi connectivity index (χ0v) is 18.5. The van der Waals surface area contributed by atoms with E-state index in [1.165, 1.54) is 17.0 Å². The molecule has 1 aliphatic heterocycles. The van der Waals surface area contributed by atoms with Crippen molar-refractivity contribution in [3.63, 3.8) is 0 Å². The second-order valence-corrected chi connectivity index (χ2v) is 8.93. The number of nitrogens with zero attached hydrogens (tertiary/aromatic N) is 3. The molecule has 0 spiro atoms. The van der Waals surface area contributed by atoms with Gasteiger partial charge in [-0.1, -0.05) is 18.2 Å². The maximum absolute atomic E-state index is 13.3. The number of nitrogens with one attached hydrogen (secondary N) is 1. The minimum Gasteiger partial charge on any atom is -0.326 e. The van der Waals surface area contributed by atoms with Crippen LogP contribution in [-0.4, -0.2) is 28.5 Å². The fourth-order valence-electron chi connectivity index (χ4n) is 4.27. The van der Waals surface area contributed by atoms with Crippen LogP contribution in [0.2, 0.25) is 0 Å². The Balaban J connectivity index is 1.55. The van der Waals surface area contributed by atoms with Gasteiger partial charge in [-0.25, -0.2) is 4.39 Å². The van der Waals surface area contributed by atoms with Gasteiger partial charge in [-0.2, -0.15) is 5.26 Å². The number of carbonyl (C=O) groups is 1. The van der Waals surface area contributed by atoms with Crippen LogP contribution >= 0.6 is 11.3 Å². The van der Waals surface area contributed by atoms with Gasteiger partial charge in [0.05, 0.1) is 12.1 Å². The highest BCUT2D eigenvalue weighted by atomic mass is 32.1. The van der Waals surface area contributed by atoms with E-state index in [1.807, 2.05) is 24.5 Å². The summed E-state index contributed by atoms with van der Waals surface area (Å²) in [7, 11) is 0. The maximum Gasteiger partial charge on any atom is 0.239 e. The minimum absolute atomic E-state index is 0.127. The highest BCUT2D eigenvalue weighted by molar-refractivity contribution is 7.10. The smallest absolute Gasteiger partial charge is 0.239 e. The molecular formula is C24H25FN4OS. The van der Waals surface area contributed by atoms with Gasteiger partial charge in [-0.3, -0.25) is 9.69 Å². The highest BCUT2D eigenvalue weighted by Crippen LogP contribution is 2.34. The lowest BCUT2D eigenvalue weighted by atomic mass is 10.2. The van der Waals surface area contributed by atoms with Crippen molar-refractivity contribution in [2.45, 2.75) is 39.3 Å². The molecule has 31 heavy (non-hydrogen) atoms. The fraction of sp³-hybridized carbons (Fsp3) is 0.333. The predicted molar refractivity (Wildman–Crippen MR) is 121 cm³/mol. The number of thiophene rings is 1. The molecule has 1 amide bonds. The monoisotopic (exact) mass is 436 g/mol. The minimum atomic E-state index is -0.290. The molecule has 0 unspecified atom stereocenters. The number of nitriles is 1. The summed E-state index contributed by atoms with van der Waals surface area (Å²) in [4.78, 5) is 16.5. The van der Waals surface area contributed by atoms with E-state index in [0.717, 1.165) is 36.2 Å². The third-order valence-corrected chi connectivity index (χ3v) is 7.01. The first-order valence-electron chi connectivity index (χ1n) is 10.4. The summed E-state index contributed by atoms with van der Waals surface area (Å²) in [6, 6.07) is 13.0. The van der Waals surface area contributed by atoms with Crippen LogP contribution in [0.15, 0.2) is 41.8 Å². The van der Waals surface area contributed by atoms with Crippen molar-refractivity contribution in [3.05, 3.63) is 74.9 Å². The molecule has 0 bridgehead atoms. The van der Waals surface area contributed by atoms with Gasteiger partial charge >= 0.3 is 0 Å². The second kappa shape index (κ2) is 9.04. The Morgan fingerprint density at radius 1 is 1.29 bits per heavy atom. The lowest BCUT2D eigenvalue weighted by molar-refractivity contribution is -0.117. The fourth-order valence-corrected chi connectivity index (χ4v) is 5.17. The molecular weight excluding hydrogens is 411 g/mol. The number of carbonyl (C=O) groups excluding carboxylic acids is 1. The number of amides is 1. The molecule has 7 heteroatoms. The van der Waals surface area contributed by atoms with Crippen molar-refractivity contribution in [1.82, 2.24) is 9.47 Å². The van der Waals surface area contributed by atoms with Crippen molar-refractivity contribution >= 4 is 23.1 Å². The predicted octanol–water partition coefficient (Wildman–Crippen LogP) is 5.00. The molecule has 3 heterocycles. The zero-order chi connectivity index (χ0) is 22.0. The van der Waals surface area contributed by atoms with E-state index >= 15 is 0 Å². The van der Waals surface area contributed by atoms with Gasteiger partial charge in [0, 0.05) is 23.2 Å². The number of halogens is 1. The molecule has 1 aromatic carbocycles. The van der Waals surface area contributed by atoms with Crippen molar-refractivity contribution in [2.75, 3.05) is 18.4 Å². The summed E-state index contributed by atoms with van der Waals surface area (Å²) in [5.74, 6) is 0.0952. The van der Waals surface area contributed by atoms with Gasteiger partial charge < -0.3 is 9.88 Å². The quantitative estimate of drug-likeness (QED) is 0.591. The van der Waals surface area contributed by atoms with Gasteiger partial charge in [-0.15, -0.1) is 11.3 Å². The van der Waals surface area contributed by atoms with Crippen LogP contribution in [0.25, 0.3) is 0 Å². The van der Waals surface area contributed by atoms with E-state index < -0.39 is 0 Å². The van der Waals surface area contributed by atoms with Gasteiger partial charge in [0.1, 0.15) is 17.7 Å². The van der Waals surface area contributed by atoms with Crippen LogP contribution in [0.3, 0.4) is 0 Å². The number of anilines is 1. The lowest BCUT2D eigenvalue weighted by Crippen LogP contribution is -2.33. The molecule has 1 aliphatic rings. The molecule has 0 radical (unpaired) electrons. The Morgan fingerprint density at radius 2 is 2.06 bits per heavy atom. The van der Waals surface area contributed by atoms with E-state index in [4.69, 9.17) is 0 Å². The van der Waals surface area contributed by atoms with Gasteiger partial charge in [-0.05, 0) is 67.9 Å². The zero-order valence-electron chi connectivity index (χ0n) is 17.7. The van der Waals surface area contributed by atoms with Crippen LogP contribution < -0.4 is 5.32 Å². The third kappa shape index (κ3) is 4.41. The third-order valence-electron chi connectivity index (χ3n) is 6.03. The number of benzene rings is 1. The molecule has 1 fully saturated rings. The molecule has 160 valence electrons. The van der Waals surface area contributed by atoms with E-state index in [2.05, 4.69) is 27.7 Å². The number of hydrogen-bond donors (Lipinski definition) is 1. The SMILES string of the molecule is Cc1c(C#N)c(NC(=O)CN2CCC[C@H]2c2cccs2)n(Cc2ccc(F)cc2)c1C. The largest absolute Gasteiger partial charge is 0.326 e. The summed E-state index contributed by atoms with van der Waals surface area (Å²) in [5.41, 5.74) is 3.13. The Hall–Kier alpha value is -2.95. The molecule has 1 saturated heterocycles. The van der Waals surface area contributed by atoms with Crippen LogP contribution in [0.5, 0.6) is 0 Å². The summed E-state index contributed by atoms with van der Waals surface area (Å²) >= 11 is 1.72. The molecule has 0 saturated carbocycles. The number of likely N-dealkylation sites (tertiary alicyclic amines) is 1. The Kier molecular flexibility index (Phi) is 6.21. The average molecular weight is 437 g/mol. The number of aromatic nitrogens is 1. The Bertz CT molecular complexity index is 1110. The second-order valence-electron chi connectivity index (χ2n) is 7.95. The van der Waals surface area contributed by atoms with Gasteiger partial charge in [0.2, 0.25) is 5.91 Å². The van der Waals surface area contributed by atoms with Gasteiger partial charge in [0.15, 0.2) is 0 Å². The standard InChI is InChI=1S/C24H25FN4OS/c1-16-17(2)29(14-18-7-9-19(25)10-8-18)24(20(16)13-26)27-23(30)15-28-11-3-5-21(28)22-6-4-12-31-22/h4,6-10,12,21H,3,5,11,14-15H2,1-2H3,(H,27,30)/t21-/m0/s1. The van der Waals surface area contributed by atoms with E-state index in [9.17, 15) is 14.4 Å². The molecule has 1 atom stereocenters. The van der Waals surface area contributed by atoms with Crippen molar-refractivity contribution < 1.29 is 9.18 Å².